The number of aryl methyl sites for hydroxylation is 1. The van der Waals surface area contributed by atoms with Gasteiger partial charge in [0.2, 0.25) is 0 Å². The molecule has 1 fully saturated rings. The molecule has 6 heteroatoms. The summed E-state index contributed by atoms with van der Waals surface area (Å²) >= 11 is 0. The summed E-state index contributed by atoms with van der Waals surface area (Å²) in [6.45, 7) is 10.2. The highest BCUT2D eigenvalue weighted by Crippen LogP contribution is 2.24. The lowest BCUT2D eigenvalue weighted by Crippen LogP contribution is -2.39. The van der Waals surface area contributed by atoms with E-state index in [1.165, 1.54) is 5.56 Å². The quantitative estimate of drug-likeness (QED) is 0.903. The molecule has 2 atom stereocenters. The minimum Gasteiger partial charge on any atom is -0.444 e. The zero-order chi connectivity index (χ0) is 17.0. The Balaban J connectivity index is 1.91. The smallest absolute Gasteiger partial charge is 0.410 e. The lowest BCUT2D eigenvalue weighted by atomic mass is 9.94. The van der Waals surface area contributed by atoms with Crippen LogP contribution < -0.4 is 5.32 Å². The molecule has 0 bridgehead atoms. The van der Waals surface area contributed by atoms with Gasteiger partial charge in [0.25, 0.3) is 0 Å². The van der Waals surface area contributed by atoms with Crippen molar-refractivity contribution >= 4 is 6.09 Å². The van der Waals surface area contributed by atoms with Crippen molar-refractivity contribution in [3.63, 3.8) is 0 Å². The molecule has 1 aliphatic rings. The van der Waals surface area contributed by atoms with E-state index in [0.717, 1.165) is 32.5 Å². The van der Waals surface area contributed by atoms with Crippen molar-refractivity contribution in [1.29, 1.82) is 0 Å². The fourth-order valence-electron chi connectivity index (χ4n) is 3.05. The molecule has 1 N–H and O–H groups in total. The van der Waals surface area contributed by atoms with Crippen LogP contribution in [0.15, 0.2) is 12.4 Å². The van der Waals surface area contributed by atoms with Gasteiger partial charge >= 0.3 is 6.09 Å². The average molecular weight is 322 g/mol. The second-order valence-corrected chi connectivity index (χ2v) is 7.28. The molecule has 0 spiro atoms. The molecule has 2 rings (SSSR count). The maximum Gasteiger partial charge on any atom is 0.410 e. The third-order valence-electron chi connectivity index (χ3n) is 4.28. The first-order valence-electron chi connectivity index (χ1n) is 8.49. The number of likely N-dealkylation sites (tertiary alicyclic amines) is 1. The SMILES string of the molecule is CCn1cc(CC(NC)C2CCN(C(=O)OC(C)(C)C)C2)cn1. The van der Waals surface area contributed by atoms with Crippen LogP contribution in [-0.2, 0) is 17.7 Å². The molecular formula is C17H30N4O2. The van der Waals surface area contributed by atoms with Crippen molar-refractivity contribution in [1.82, 2.24) is 20.0 Å². The highest BCUT2D eigenvalue weighted by Gasteiger charge is 2.33. The first kappa shape index (κ1) is 17.8. The average Bonchev–Trinajstić information content (AvgIpc) is 3.12. The summed E-state index contributed by atoms with van der Waals surface area (Å²) in [5.74, 6) is 0.442. The molecule has 1 aliphatic heterocycles. The Labute approximate surface area is 139 Å². The Hall–Kier alpha value is -1.56. The molecule has 23 heavy (non-hydrogen) atoms. The predicted octanol–water partition coefficient (Wildman–Crippen LogP) is 2.29. The summed E-state index contributed by atoms with van der Waals surface area (Å²) in [6.07, 6.45) is 5.78. The van der Waals surface area contributed by atoms with Gasteiger partial charge in [-0.3, -0.25) is 4.68 Å². The molecule has 1 aromatic heterocycles. The van der Waals surface area contributed by atoms with Crippen LogP contribution in [0.4, 0.5) is 4.79 Å². The maximum atomic E-state index is 12.2. The summed E-state index contributed by atoms with van der Waals surface area (Å²) in [5, 5.41) is 7.75. The molecule has 130 valence electrons. The summed E-state index contributed by atoms with van der Waals surface area (Å²) in [4.78, 5) is 14.0. The number of amides is 1. The zero-order valence-electron chi connectivity index (χ0n) is 15.0. The Bertz CT molecular complexity index is 521. The molecule has 2 heterocycles. The molecule has 1 amide bonds. The summed E-state index contributed by atoms with van der Waals surface area (Å²) < 4.78 is 7.42. The number of carbonyl (C=O) groups is 1. The molecule has 1 aromatic rings. The highest BCUT2D eigenvalue weighted by molar-refractivity contribution is 5.68. The number of hydrogen-bond donors (Lipinski definition) is 1. The highest BCUT2D eigenvalue weighted by atomic mass is 16.6. The van der Waals surface area contributed by atoms with Crippen LogP contribution in [0.3, 0.4) is 0 Å². The van der Waals surface area contributed by atoms with Crippen molar-refractivity contribution in [2.24, 2.45) is 5.92 Å². The molecule has 0 saturated carbocycles. The number of hydrogen-bond acceptors (Lipinski definition) is 4. The van der Waals surface area contributed by atoms with Gasteiger partial charge in [-0.05, 0) is 59.1 Å². The van der Waals surface area contributed by atoms with Crippen LogP contribution in [-0.4, -0.2) is 52.6 Å². The standard InChI is InChI=1S/C17H30N4O2/c1-6-21-11-13(10-19-21)9-15(18-5)14-7-8-20(12-14)16(22)23-17(2,3)4/h10-11,14-15,18H,6-9,12H2,1-5H3. The summed E-state index contributed by atoms with van der Waals surface area (Å²) in [7, 11) is 1.99. The first-order valence-corrected chi connectivity index (χ1v) is 8.49. The van der Waals surface area contributed by atoms with Crippen molar-refractivity contribution < 1.29 is 9.53 Å². The van der Waals surface area contributed by atoms with E-state index >= 15 is 0 Å². The van der Waals surface area contributed by atoms with Crippen LogP contribution in [0.5, 0.6) is 0 Å². The Morgan fingerprint density at radius 3 is 2.83 bits per heavy atom. The Kier molecular flexibility index (Phi) is 5.68. The molecular weight excluding hydrogens is 292 g/mol. The van der Waals surface area contributed by atoms with E-state index in [2.05, 4.69) is 23.5 Å². The largest absolute Gasteiger partial charge is 0.444 e. The van der Waals surface area contributed by atoms with Crippen LogP contribution in [0, 0.1) is 5.92 Å². The molecule has 1 saturated heterocycles. The lowest BCUT2D eigenvalue weighted by Gasteiger charge is -2.26. The van der Waals surface area contributed by atoms with Gasteiger partial charge in [-0.1, -0.05) is 0 Å². The monoisotopic (exact) mass is 322 g/mol. The van der Waals surface area contributed by atoms with E-state index in [0.29, 0.717) is 12.0 Å². The first-order chi connectivity index (χ1) is 10.8. The number of likely N-dealkylation sites (N-methyl/N-ethyl adjacent to an activating group) is 1. The van der Waals surface area contributed by atoms with Crippen molar-refractivity contribution in [2.75, 3.05) is 20.1 Å². The fourth-order valence-corrected chi connectivity index (χ4v) is 3.05. The number of aromatic nitrogens is 2. The van der Waals surface area contributed by atoms with Gasteiger partial charge in [0.15, 0.2) is 0 Å². The van der Waals surface area contributed by atoms with Crippen molar-refractivity contribution in [2.45, 2.75) is 58.7 Å². The Morgan fingerprint density at radius 2 is 2.26 bits per heavy atom. The van der Waals surface area contributed by atoms with Crippen LogP contribution in [0.25, 0.3) is 0 Å². The molecule has 6 nitrogen and oxygen atoms in total. The summed E-state index contributed by atoms with van der Waals surface area (Å²) in [6, 6.07) is 0.344. The van der Waals surface area contributed by atoms with E-state index in [9.17, 15) is 4.79 Å². The third kappa shape index (κ3) is 4.96. The van der Waals surface area contributed by atoms with Crippen molar-refractivity contribution in [3.05, 3.63) is 18.0 Å². The van der Waals surface area contributed by atoms with Gasteiger partial charge < -0.3 is 15.0 Å². The van der Waals surface area contributed by atoms with Gasteiger partial charge in [0.05, 0.1) is 6.20 Å². The second-order valence-electron chi connectivity index (χ2n) is 7.28. The van der Waals surface area contributed by atoms with E-state index in [1.54, 1.807) is 0 Å². The molecule has 2 unspecified atom stereocenters. The second kappa shape index (κ2) is 7.34. The lowest BCUT2D eigenvalue weighted by molar-refractivity contribution is 0.0285. The number of rotatable bonds is 5. The number of ether oxygens (including phenoxy) is 1. The van der Waals surface area contributed by atoms with Gasteiger partial charge in [-0.25, -0.2) is 4.79 Å². The normalized spacial score (nSPS) is 19.9. The van der Waals surface area contributed by atoms with E-state index < -0.39 is 5.60 Å². The number of nitrogens with zero attached hydrogens (tertiary/aromatic N) is 3. The minimum atomic E-state index is -0.438. The minimum absolute atomic E-state index is 0.200. The number of nitrogens with one attached hydrogen (secondary N) is 1. The van der Waals surface area contributed by atoms with Gasteiger partial charge in [-0.15, -0.1) is 0 Å². The van der Waals surface area contributed by atoms with Crippen LogP contribution >= 0.6 is 0 Å². The maximum absolute atomic E-state index is 12.2. The van der Waals surface area contributed by atoms with Gasteiger partial charge in [0.1, 0.15) is 5.60 Å². The summed E-state index contributed by atoms with van der Waals surface area (Å²) in [5.41, 5.74) is 0.800. The fraction of sp³-hybridized carbons (Fsp3) is 0.765. The van der Waals surface area contributed by atoms with E-state index in [4.69, 9.17) is 4.74 Å². The van der Waals surface area contributed by atoms with E-state index in [-0.39, 0.29) is 6.09 Å². The molecule has 0 aromatic carbocycles. The van der Waals surface area contributed by atoms with Gasteiger partial charge in [0, 0.05) is 31.9 Å². The van der Waals surface area contributed by atoms with E-state index in [1.807, 2.05) is 43.6 Å². The van der Waals surface area contributed by atoms with Crippen molar-refractivity contribution in [3.8, 4) is 0 Å². The topological polar surface area (TPSA) is 59.4 Å². The molecule has 0 radical (unpaired) electrons. The third-order valence-corrected chi connectivity index (χ3v) is 4.28. The number of carbonyl (C=O) groups excluding carboxylic acids is 1. The van der Waals surface area contributed by atoms with Gasteiger partial charge in [-0.2, -0.15) is 5.10 Å². The zero-order valence-corrected chi connectivity index (χ0v) is 15.0. The molecule has 0 aliphatic carbocycles. The van der Waals surface area contributed by atoms with Crippen LogP contribution in [0.1, 0.15) is 39.7 Å². The van der Waals surface area contributed by atoms with Crippen LogP contribution in [0.2, 0.25) is 0 Å². The predicted molar refractivity (Wildman–Crippen MR) is 90.4 cm³/mol. The Morgan fingerprint density at radius 1 is 1.52 bits per heavy atom.